The number of hydrogen-bond donors (Lipinski definition) is 3. The predicted molar refractivity (Wildman–Crippen MR) is 92.0 cm³/mol. The van der Waals surface area contributed by atoms with Crippen molar-refractivity contribution in [3.63, 3.8) is 0 Å². The topological polar surface area (TPSA) is 116 Å². The molecule has 1 aromatic rings. The van der Waals surface area contributed by atoms with E-state index >= 15 is 0 Å². The van der Waals surface area contributed by atoms with Gasteiger partial charge in [-0.15, -0.1) is 11.8 Å². The van der Waals surface area contributed by atoms with Gasteiger partial charge in [0.25, 0.3) is 5.91 Å². The average molecular weight is 386 g/mol. The van der Waals surface area contributed by atoms with E-state index in [0.717, 1.165) is 0 Å². The molecule has 3 atom stereocenters. The van der Waals surface area contributed by atoms with Gasteiger partial charge in [-0.3, -0.25) is 14.2 Å². The molecule has 10 heteroatoms. The lowest BCUT2D eigenvalue weighted by atomic mass is 10.0. The highest BCUT2D eigenvalue weighted by molar-refractivity contribution is 8.02. The van der Waals surface area contributed by atoms with E-state index in [4.69, 9.17) is 4.74 Å². The van der Waals surface area contributed by atoms with E-state index in [-0.39, 0.29) is 6.61 Å². The molecule has 2 aliphatic heterocycles. The molecule has 2 saturated heterocycles. The number of thioether (sulfide) groups is 1. The van der Waals surface area contributed by atoms with Crippen LogP contribution in [0.3, 0.4) is 0 Å². The van der Waals surface area contributed by atoms with Gasteiger partial charge >= 0.3 is 7.60 Å². The number of rotatable bonds is 5. The lowest BCUT2D eigenvalue weighted by Gasteiger charge is -2.44. The predicted octanol–water partition coefficient (Wildman–Crippen LogP) is 0.748. The Bertz CT molecular complexity index is 737. The summed E-state index contributed by atoms with van der Waals surface area (Å²) in [6.07, 6.45) is 0. The molecule has 2 unspecified atom stereocenters. The number of carbonyl (C=O) groups is 2. The Labute approximate surface area is 149 Å². The van der Waals surface area contributed by atoms with Gasteiger partial charge in [-0.2, -0.15) is 0 Å². The first-order valence-electron chi connectivity index (χ1n) is 7.64. The lowest BCUT2D eigenvalue weighted by Crippen LogP contribution is -2.69. The molecule has 0 bridgehead atoms. The summed E-state index contributed by atoms with van der Waals surface area (Å²) < 4.78 is 16.3. The Morgan fingerprint density at radius 2 is 2.00 bits per heavy atom. The summed E-state index contributed by atoms with van der Waals surface area (Å²) in [5.74, 6) is -1.59. The van der Waals surface area contributed by atoms with E-state index in [9.17, 15) is 23.9 Å². The van der Waals surface area contributed by atoms with Crippen molar-refractivity contribution in [1.82, 2.24) is 10.2 Å². The van der Waals surface area contributed by atoms with Gasteiger partial charge in [0.05, 0.1) is 0 Å². The third kappa shape index (κ3) is 3.42. The zero-order valence-corrected chi connectivity index (χ0v) is 15.4. The third-order valence-corrected chi connectivity index (χ3v) is 7.42. The van der Waals surface area contributed by atoms with Crippen LogP contribution in [-0.4, -0.2) is 55.1 Å². The number of nitrogens with one attached hydrogen (secondary N) is 1. The molecule has 2 aliphatic rings. The molecule has 2 amide bonds. The van der Waals surface area contributed by atoms with Crippen LogP contribution >= 0.6 is 19.4 Å². The molecule has 3 N–H and O–H groups in total. The maximum absolute atomic E-state index is 12.3. The Hall–Kier alpha value is -1.54. The van der Waals surface area contributed by atoms with Crippen molar-refractivity contribution >= 4 is 31.2 Å². The molecule has 0 radical (unpaired) electrons. The highest BCUT2D eigenvalue weighted by Crippen LogP contribution is 2.62. The molecule has 8 nitrogen and oxygen atoms in total. The lowest BCUT2D eigenvalue weighted by molar-refractivity contribution is -0.149. The summed E-state index contributed by atoms with van der Waals surface area (Å²) in [4.78, 5) is 44.7. The number of carbonyl (C=O) groups excluding carboxylic acids is 2. The standard InChI is InChI=1S/C15H19N2O6PS/c1-15(2)14(24(20,21)22)17-12(19)11(13(17)25-15)16-10(18)8-23-9-6-4-3-5-7-9/h3-7,11,13-14H,8H2,1-2H3,(H,16,18)(H2,20,21,22)/t11?,13-,14?/m1/s1. The van der Waals surface area contributed by atoms with Crippen LogP contribution in [-0.2, 0) is 14.2 Å². The van der Waals surface area contributed by atoms with E-state index in [2.05, 4.69) is 5.32 Å². The van der Waals surface area contributed by atoms with Crippen LogP contribution in [0, 0.1) is 0 Å². The van der Waals surface area contributed by atoms with E-state index < -0.39 is 41.4 Å². The molecular weight excluding hydrogens is 367 g/mol. The van der Waals surface area contributed by atoms with Crippen LogP contribution in [0.15, 0.2) is 30.3 Å². The van der Waals surface area contributed by atoms with E-state index in [0.29, 0.717) is 5.75 Å². The molecule has 0 saturated carbocycles. The van der Waals surface area contributed by atoms with E-state index in [1.165, 1.54) is 16.7 Å². The second kappa shape index (κ2) is 6.32. The smallest absolute Gasteiger partial charge is 0.349 e. The third-order valence-electron chi connectivity index (χ3n) is 4.14. The minimum atomic E-state index is -4.48. The van der Waals surface area contributed by atoms with E-state index in [1.54, 1.807) is 38.1 Å². The van der Waals surface area contributed by atoms with Gasteiger partial charge in [0.1, 0.15) is 22.9 Å². The number of amides is 2. The van der Waals surface area contributed by atoms with Crippen molar-refractivity contribution in [2.45, 2.75) is 35.8 Å². The monoisotopic (exact) mass is 386 g/mol. The van der Waals surface area contributed by atoms with Crippen molar-refractivity contribution in [1.29, 1.82) is 0 Å². The summed E-state index contributed by atoms with van der Waals surface area (Å²) in [6.45, 7) is 3.13. The van der Waals surface area contributed by atoms with E-state index in [1.807, 2.05) is 6.07 Å². The van der Waals surface area contributed by atoms with Gasteiger partial charge in [0, 0.05) is 4.75 Å². The highest BCUT2D eigenvalue weighted by atomic mass is 32.2. The maximum atomic E-state index is 12.3. The van der Waals surface area contributed by atoms with Gasteiger partial charge < -0.3 is 24.7 Å². The Morgan fingerprint density at radius 3 is 2.60 bits per heavy atom. The van der Waals surface area contributed by atoms with Gasteiger partial charge in [0.2, 0.25) is 5.91 Å². The number of fused-ring (bicyclic) bond motifs is 1. The highest BCUT2D eigenvalue weighted by Gasteiger charge is 2.66. The number of nitrogens with zero attached hydrogens (tertiary/aromatic N) is 1. The molecule has 2 heterocycles. The van der Waals surface area contributed by atoms with Crippen LogP contribution in [0.25, 0.3) is 0 Å². The van der Waals surface area contributed by atoms with Gasteiger partial charge in [-0.05, 0) is 26.0 Å². The number of hydrogen-bond acceptors (Lipinski definition) is 5. The van der Waals surface area contributed by atoms with Crippen molar-refractivity contribution in [3.05, 3.63) is 30.3 Å². The summed E-state index contributed by atoms with van der Waals surface area (Å²) in [6, 6.07) is 8.01. The zero-order chi connectivity index (χ0) is 18.4. The van der Waals surface area contributed by atoms with Crippen molar-refractivity contribution in [3.8, 4) is 5.75 Å². The molecule has 2 fully saturated rings. The van der Waals surface area contributed by atoms with Crippen LogP contribution in [0.5, 0.6) is 5.75 Å². The number of para-hydroxylation sites is 1. The van der Waals surface area contributed by atoms with Gasteiger partial charge in [-0.1, -0.05) is 18.2 Å². The minimum absolute atomic E-state index is 0.240. The first-order valence-corrected chi connectivity index (χ1v) is 10.2. The van der Waals surface area contributed by atoms with Gasteiger partial charge in [-0.25, -0.2) is 0 Å². The first kappa shape index (κ1) is 18.3. The largest absolute Gasteiger partial charge is 0.484 e. The van der Waals surface area contributed by atoms with Crippen LogP contribution in [0.1, 0.15) is 13.8 Å². The molecule has 3 rings (SSSR count). The Balaban J connectivity index is 1.62. The second-order valence-corrected chi connectivity index (χ2v) is 9.91. The van der Waals surface area contributed by atoms with Crippen LogP contribution < -0.4 is 10.1 Å². The average Bonchev–Trinajstić information content (AvgIpc) is 2.80. The number of ether oxygens (including phenoxy) is 1. The summed E-state index contributed by atoms with van der Waals surface area (Å²) >= 11 is 1.28. The molecule has 0 spiro atoms. The fraction of sp³-hybridized carbons (Fsp3) is 0.467. The molecule has 136 valence electrons. The summed E-state index contributed by atoms with van der Waals surface area (Å²) in [7, 11) is -4.48. The van der Waals surface area contributed by atoms with Crippen molar-refractivity contribution in [2.24, 2.45) is 0 Å². The quantitative estimate of drug-likeness (QED) is 0.505. The van der Waals surface area contributed by atoms with Crippen LogP contribution in [0.4, 0.5) is 0 Å². The SMILES string of the molecule is CC1(C)S[C@@H]2C(NC(=O)COc3ccccc3)C(=O)N2C1P(=O)(O)O. The second-order valence-electron chi connectivity index (χ2n) is 6.47. The van der Waals surface area contributed by atoms with Crippen molar-refractivity contribution in [2.75, 3.05) is 6.61 Å². The molecule has 25 heavy (non-hydrogen) atoms. The zero-order valence-electron chi connectivity index (χ0n) is 13.7. The molecular formula is C15H19N2O6PS. The molecule has 0 aromatic heterocycles. The first-order chi connectivity index (χ1) is 11.6. The van der Waals surface area contributed by atoms with Crippen LogP contribution in [0.2, 0.25) is 0 Å². The molecule has 1 aromatic carbocycles. The fourth-order valence-electron chi connectivity index (χ4n) is 3.16. The Kier molecular flexibility index (Phi) is 4.61. The normalized spacial score (nSPS) is 27.4. The van der Waals surface area contributed by atoms with Crippen molar-refractivity contribution < 1.29 is 28.7 Å². The maximum Gasteiger partial charge on any atom is 0.349 e. The summed E-state index contributed by atoms with van der Waals surface area (Å²) in [5.41, 5.74) is 0. The number of benzene rings is 1. The number of β-lactam (4-membered cyclic amide) rings is 1. The summed E-state index contributed by atoms with van der Waals surface area (Å²) in [5, 5.41) is 2.10. The molecule has 0 aliphatic carbocycles. The van der Waals surface area contributed by atoms with Gasteiger partial charge in [0.15, 0.2) is 6.61 Å². The fourth-order valence-corrected chi connectivity index (χ4v) is 6.75. The minimum Gasteiger partial charge on any atom is -0.484 e. The Morgan fingerprint density at radius 1 is 1.36 bits per heavy atom.